The summed E-state index contributed by atoms with van der Waals surface area (Å²) in [7, 11) is -1.30. The standard InChI is InChI=1S/C17H27N3O5S/c1-12-8-14(12)11-19(5-6-25-2)15-9-13(17(21)22)10-16(18-15)20-4-3-7-26(20,23)24/h9-10,12,14,23-24H,3-8,11H2,1-2H3,(H,21,22). The maximum atomic E-state index is 11.6. The highest BCUT2D eigenvalue weighted by Crippen LogP contribution is 2.50. The summed E-state index contributed by atoms with van der Waals surface area (Å²) in [6.07, 6.45) is 1.80. The van der Waals surface area contributed by atoms with Gasteiger partial charge >= 0.3 is 5.97 Å². The summed E-state index contributed by atoms with van der Waals surface area (Å²) in [5, 5.41) is 9.49. The fourth-order valence-electron chi connectivity index (χ4n) is 3.27. The first-order valence-corrected chi connectivity index (χ1v) is 10.5. The van der Waals surface area contributed by atoms with E-state index in [4.69, 9.17) is 4.74 Å². The molecule has 8 nitrogen and oxygen atoms in total. The van der Waals surface area contributed by atoms with Crippen molar-refractivity contribution < 1.29 is 23.7 Å². The summed E-state index contributed by atoms with van der Waals surface area (Å²) in [5.41, 5.74) is 0.0957. The number of aromatic carboxylic acids is 1. The fourth-order valence-corrected chi connectivity index (χ4v) is 4.83. The SMILES string of the molecule is COCCN(CC1CC1C)c1cc(C(=O)O)cc(N2CCCS2(O)O)n1. The van der Waals surface area contributed by atoms with Gasteiger partial charge in [-0.1, -0.05) is 6.92 Å². The molecule has 0 bridgehead atoms. The number of nitrogens with zero attached hydrogens (tertiary/aromatic N) is 3. The van der Waals surface area contributed by atoms with Gasteiger partial charge in [0.15, 0.2) is 0 Å². The lowest BCUT2D eigenvalue weighted by Gasteiger charge is -2.37. The van der Waals surface area contributed by atoms with E-state index in [1.807, 2.05) is 4.90 Å². The largest absolute Gasteiger partial charge is 0.478 e. The van der Waals surface area contributed by atoms with Crippen LogP contribution in [-0.4, -0.2) is 64.3 Å². The van der Waals surface area contributed by atoms with Crippen molar-refractivity contribution in [3.8, 4) is 0 Å². The number of carbonyl (C=O) groups is 1. The Morgan fingerprint density at radius 2 is 2.19 bits per heavy atom. The van der Waals surface area contributed by atoms with Crippen molar-refractivity contribution in [3.63, 3.8) is 0 Å². The zero-order chi connectivity index (χ0) is 18.9. The van der Waals surface area contributed by atoms with E-state index in [9.17, 15) is 19.0 Å². The molecule has 1 saturated carbocycles. The van der Waals surface area contributed by atoms with Gasteiger partial charge in [0, 0.05) is 26.7 Å². The zero-order valence-corrected chi connectivity index (χ0v) is 16.0. The third-order valence-corrected chi connectivity index (χ3v) is 6.97. The van der Waals surface area contributed by atoms with Gasteiger partial charge in [0.2, 0.25) is 0 Å². The van der Waals surface area contributed by atoms with Crippen molar-refractivity contribution in [2.45, 2.75) is 19.8 Å². The molecule has 1 aromatic heterocycles. The Morgan fingerprint density at radius 3 is 2.73 bits per heavy atom. The van der Waals surface area contributed by atoms with Crippen LogP contribution in [0.3, 0.4) is 0 Å². The van der Waals surface area contributed by atoms with Gasteiger partial charge in [-0.05, 0) is 36.8 Å². The van der Waals surface area contributed by atoms with E-state index >= 15 is 0 Å². The van der Waals surface area contributed by atoms with Crippen LogP contribution in [0.15, 0.2) is 12.1 Å². The fraction of sp³-hybridized carbons (Fsp3) is 0.647. The quantitative estimate of drug-likeness (QED) is 0.627. The van der Waals surface area contributed by atoms with Crippen LogP contribution < -0.4 is 9.21 Å². The molecule has 0 spiro atoms. The molecule has 1 aliphatic heterocycles. The second-order valence-electron chi connectivity index (χ2n) is 7.08. The lowest BCUT2D eigenvalue weighted by molar-refractivity contribution is 0.0696. The first-order valence-electron chi connectivity index (χ1n) is 8.84. The zero-order valence-electron chi connectivity index (χ0n) is 15.2. The molecule has 9 heteroatoms. The van der Waals surface area contributed by atoms with E-state index in [2.05, 4.69) is 11.9 Å². The second kappa shape index (κ2) is 7.59. The maximum Gasteiger partial charge on any atom is 0.335 e. The molecule has 0 aromatic carbocycles. The summed E-state index contributed by atoms with van der Waals surface area (Å²) in [6.45, 7) is 4.55. The van der Waals surface area contributed by atoms with Crippen LogP contribution in [0.4, 0.5) is 11.6 Å². The number of hydrogen-bond donors (Lipinski definition) is 3. The van der Waals surface area contributed by atoms with Crippen LogP contribution in [-0.2, 0) is 4.74 Å². The second-order valence-corrected chi connectivity index (χ2v) is 9.19. The Balaban J connectivity index is 1.94. The predicted molar refractivity (Wildman–Crippen MR) is 102 cm³/mol. The Morgan fingerprint density at radius 1 is 1.46 bits per heavy atom. The van der Waals surface area contributed by atoms with Gasteiger partial charge in [-0.3, -0.25) is 13.4 Å². The molecule has 1 saturated heterocycles. The van der Waals surface area contributed by atoms with Gasteiger partial charge in [-0.25, -0.2) is 9.78 Å². The number of ether oxygens (including phenoxy) is 1. The third kappa shape index (κ3) is 4.22. The molecular formula is C17H27N3O5S. The predicted octanol–water partition coefficient (Wildman–Crippen LogP) is 2.76. The first-order chi connectivity index (χ1) is 12.3. The number of carboxylic acid groups (broad SMARTS) is 1. The Labute approximate surface area is 155 Å². The van der Waals surface area contributed by atoms with Crippen molar-refractivity contribution in [2.24, 2.45) is 11.8 Å². The van der Waals surface area contributed by atoms with E-state index in [1.54, 1.807) is 13.2 Å². The molecule has 0 radical (unpaired) electrons. The van der Waals surface area contributed by atoms with Crippen LogP contribution in [0.2, 0.25) is 0 Å². The third-order valence-electron chi connectivity index (χ3n) is 5.05. The summed E-state index contributed by atoms with van der Waals surface area (Å²) in [5.74, 6) is 1.30. The minimum atomic E-state index is -2.93. The molecule has 3 rings (SSSR count). The number of anilines is 2. The first kappa shape index (κ1) is 19.2. The number of hydrogen-bond acceptors (Lipinski definition) is 7. The summed E-state index contributed by atoms with van der Waals surface area (Å²) < 4.78 is 27.1. The van der Waals surface area contributed by atoms with Crippen molar-refractivity contribution in [2.75, 3.05) is 48.3 Å². The molecule has 2 heterocycles. The molecule has 2 atom stereocenters. The van der Waals surface area contributed by atoms with E-state index in [-0.39, 0.29) is 11.3 Å². The topological polar surface area (TPSA) is 106 Å². The average Bonchev–Trinajstić information content (AvgIpc) is 3.16. The van der Waals surface area contributed by atoms with Gasteiger partial charge in [-0.15, -0.1) is 10.8 Å². The minimum Gasteiger partial charge on any atom is -0.478 e. The van der Waals surface area contributed by atoms with E-state index in [0.717, 1.165) is 13.0 Å². The van der Waals surface area contributed by atoms with Gasteiger partial charge in [0.05, 0.1) is 17.9 Å². The molecule has 26 heavy (non-hydrogen) atoms. The highest BCUT2D eigenvalue weighted by molar-refractivity contribution is 8.25. The summed E-state index contributed by atoms with van der Waals surface area (Å²) >= 11 is 0. The molecule has 2 unspecified atom stereocenters. The van der Waals surface area contributed by atoms with Gasteiger partial charge in [0.25, 0.3) is 0 Å². The van der Waals surface area contributed by atoms with Gasteiger partial charge in [-0.2, -0.15) is 0 Å². The van der Waals surface area contributed by atoms with E-state index < -0.39 is 16.7 Å². The molecular weight excluding hydrogens is 358 g/mol. The Hall–Kier alpha value is -1.55. The molecule has 2 fully saturated rings. The number of pyridine rings is 1. The molecule has 1 aromatic rings. The van der Waals surface area contributed by atoms with Gasteiger partial charge < -0.3 is 14.7 Å². The van der Waals surface area contributed by atoms with Crippen LogP contribution in [0.1, 0.15) is 30.1 Å². The normalized spacial score (nSPS) is 25.2. The van der Waals surface area contributed by atoms with Crippen molar-refractivity contribution in [1.82, 2.24) is 4.98 Å². The van der Waals surface area contributed by atoms with Crippen molar-refractivity contribution in [1.29, 1.82) is 0 Å². The van der Waals surface area contributed by atoms with E-state index in [1.165, 1.54) is 10.4 Å². The Bertz CT molecular complexity index is 672. The number of carboxylic acids is 1. The molecule has 2 aliphatic rings. The summed E-state index contributed by atoms with van der Waals surface area (Å²) in [4.78, 5) is 18.2. The van der Waals surface area contributed by atoms with Crippen LogP contribution >= 0.6 is 10.8 Å². The maximum absolute atomic E-state index is 11.6. The van der Waals surface area contributed by atoms with Crippen LogP contribution in [0.5, 0.6) is 0 Å². The van der Waals surface area contributed by atoms with Crippen molar-refractivity contribution in [3.05, 3.63) is 17.7 Å². The highest BCUT2D eigenvalue weighted by atomic mass is 32.3. The van der Waals surface area contributed by atoms with Crippen LogP contribution in [0, 0.1) is 11.8 Å². The lowest BCUT2D eigenvalue weighted by Crippen LogP contribution is -2.31. The summed E-state index contributed by atoms with van der Waals surface area (Å²) in [6, 6.07) is 2.97. The minimum absolute atomic E-state index is 0.0957. The lowest BCUT2D eigenvalue weighted by atomic mass is 10.2. The van der Waals surface area contributed by atoms with E-state index in [0.29, 0.717) is 49.6 Å². The number of rotatable bonds is 8. The molecule has 1 aliphatic carbocycles. The Kier molecular flexibility index (Phi) is 5.61. The van der Waals surface area contributed by atoms with Crippen LogP contribution in [0.25, 0.3) is 0 Å². The van der Waals surface area contributed by atoms with Gasteiger partial charge in [0.1, 0.15) is 11.6 Å². The van der Waals surface area contributed by atoms with Crippen molar-refractivity contribution >= 4 is 28.4 Å². The highest BCUT2D eigenvalue weighted by Gasteiger charge is 2.35. The molecule has 3 N–H and O–H groups in total. The molecule has 0 amide bonds. The number of methoxy groups -OCH3 is 1. The average molecular weight is 385 g/mol. The smallest absolute Gasteiger partial charge is 0.335 e. The molecule has 146 valence electrons. The monoisotopic (exact) mass is 385 g/mol. The number of aromatic nitrogens is 1.